The van der Waals surface area contributed by atoms with Gasteiger partial charge in [-0.3, -0.25) is 4.79 Å². The van der Waals surface area contributed by atoms with Gasteiger partial charge in [0.15, 0.2) is 6.61 Å². The fourth-order valence-corrected chi connectivity index (χ4v) is 3.26. The molecule has 0 atom stereocenters. The average molecular weight is 404 g/mol. The van der Waals surface area contributed by atoms with Crippen LogP contribution < -0.4 is 10.0 Å². The average Bonchev–Trinajstić information content (AvgIpc) is 3.33. The number of amides is 1. The lowest BCUT2D eigenvalue weighted by Gasteiger charge is -2.06. The molecule has 0 saturated heterocycles. The number of hydrogen-bond donors (Lipinski definition) is 2. The number of sulfonamides is 1. The van der Waals surface area contributed by atoms with Crippen molar-refractivity contribution in [2.24, 2.45) is 0 Å². The second-order valence-electron chi connectivity index (χ2n) is 6.26. The van der Waals surface area contributed by atoms with Crippen LogP contribution in [0.2, 0.25) is 0 Å². The number of carbonyl (C=O) groups is 2. The summed E-state index contributed by atoms with van der Waals surface area (Å²) in [6, 6.07) is 9.54. The van der Waals surface area contributed by atoms with E-state index in [1.54, 1.807) is 24.3 Å². The molecule has 1 saturated carbocycles. The van der Waals surface area contributed by atoms with E-state index in [9.17, 15) is 18.0 Å². The van der Waals surface area contributed by atoms with E-state index in [1.165, 1.54) is 30.5 Å². The molecule has 1 amide bonds. The highest BCUT2D eigenvalue weighted by Gasteiger charge is 2.23. The van der Waals surface area contributed by atoms with Gasteiger partial charge in [-0.2, -0.15) is 0 Å². The predicted molar refractivity (Wildman–Crippen MR) is 100 cm³/mol. The van der Waals surface area contributed by atoms with Gasteiger partial charge in [0, 0.05) is 12.1 Å². The van der Waals surface area contributed by atoms with Crippen LogP contribution in [0.3, 0.4) is 0 Å². The van der Waals surface area contributed by atoms with Gasteiger partial charge in [-0.15, -0.1) is 0 Å². The molecule has 2 aromatic rings. The highest BCUT2D eigenvalue weighted by molar-refractivity contribution is 7.89. The minimum Gasteiger partial charge on any atom is -0.468 e. The Morgan fingerprint density at radius 2 is 1.93 bits per heavy atom. The molecule has 0 spiro atoms. The molecule has 2 N–H and O–H groups in total. The SMILES string of the molecule is O=C(COC(=O)/C=C/c1ccc(S(=O)(=O)NCc2ccco2)cc1)NC1CC1. The molecule has 1 aromatic carbocycles. The Bertz CT molecular complexity index is 945. The van der Waals surface area contributed by atoms with Gasteiger partial charge in [0.2, 0.25) is 10.0 Å². The first kappa shape index (κ1) is 19.8. The third-order valence-corrected chi connectivity index (χ3v) is 5.32. The Balaban J connectivity index is 1.49. The van der Waals surface area contributed by atoms with Crippen LogP contribution in [0.4, 0.5) is 0 Å². The first-order chi connectivity index (χ1) is 13.4. The molecular weight excluding hydrogens is 384 g/mol. The normalized spacial score (nSPS) is 14.1. The monoisotopic (exact) mass is 404 g/mol. The summed E-state index contributed by atoms with van der Waals surface area (Å²) in [5.41, 5.74) is 0.615. The first-order valence-electron chi connectivity index (χ1n) is 8.69. The number of ether oxygens (including phenoxy) is 1. The molecule has 28 heavy (non-hydrogen) atoms. The van der Waals surface area contributed by atoms with E-state index < -0.39 is 16.0 Å². The molecule has 0 bridgehead atoms. The Morgan fingerprint density at radius 1 is 1.18 bits per heavy atom. The van der Waals surface area contributed by atoms with E-state index >= 15 is 0 Å². The summed E-state index contributed by atoms with van der Waals surface area (Å²) in [6.07, 6.45) is 6.06. The summed E-state index contributed by atoms with van der Waals surface area (Å²) in [6.45, 7) is -0.269. The second kappa shape index (κ2) is 8.85. The third kappa shape index (κ3) is 6.07. The zero-order valence-electron chi connectivity index (χ0n) is 15.0. The maximum absolute atomic E-state index is 12.3. The van der Waals surface area contributed by atoms with Gasteiger partial charge in [0.1, 0.15) is 5.76 Å². The molecule has 9 heteroatoms. The number of carbonyl (C=O) groups excluding carboxylic acids is 2. The van der Waals surface area contributed by atoms with Crippen molar-refractivity contribution >= 4 is 28.0 Å². The summed E-state index contributed by atoms with van der Waals surface area (Å²) in [5.74, 6) is -0.462. The summed E-state index contributed by atoms with van der Waals surface area (Å²) >= 11 is 0. The minimum absolute atomic E-state index is 0.0527. The largest absolute Gasteiger partial charge is 0.468 e. The molecule has 0 unspecified atom stereocenters. The van der Waals surface area contributed by atoms with Gasteiger partial charge in [0.05, 0.1) is 17.7 Å². The third-order valence-electron chi connectivity index (χ3n) is 3.91. The van der Waals surface area contributed by atoms with Crippen LogP contribution in [-0.2, 0) is 30.9 Å². The molecule has 8 nitrogen and oxygen atoms in total. The molecule has 1 fully saturated rings. The quantitative estimate of drug-likeness (QED) is 0.485. The lowest BCUT2D eigenvalue weighted by atomic mass is 10.2. The summed E-state index contributed by atoms with van der Waals surface area (Å²) in [4.78, 5) is 23.2. The highest BCUT2D eigenvalue weighted by atomic mass is 32.2. The zero-order valence-corrected chi connectivity index (χ0v) is 15.8. The van der Waals surface area contributed by atoms with E-state index in [2.05, 4.69) is 10.0 Å². The molecule has 1 heterocycles. The summed E-state index contributed by atoms with van der Waals surface area (Å²) < 4.78 is 36.9. The lowest BCUT2D eigenvalue weighted by Crippen LogP contribution is -2.30. The fourth-order valence-electron chi connectivity index (χ4n) is 2.27. The van der Waals surface area contributed by atoms with Crippen LogP contribution in [0, 0.1) is 0 Å². The topological polar surface area (TPSA) is 115 Å². The Labute approximate surface area is 162 Å². The van der Waals surface area contributed by atoms with Crippen LogP contribution in [0.1, 0.15) is 24.2 Å². The van der Waals surface area contributed by atoms with E-state index in [1.807, 2.05) is 0 Å². The van der Waals surface area contributed by atoms with Crippen molar-refractivity contribution < 1.29 is 27.2 Å². The number of furan rings is 1. The smallest absolute Gasteiger partial charge is 0.331 e. The van der Waals surface area contributed by atoms with E-state index in [4.69, 9.17) is 9.15 Å². The van der Waals surface area contributed by atoms with Crippen LogP contribution in [0.25, 0.3) is 6.08 Å². The van der Waals surface area contributed by atoms with Crippen LogP contribution in [0.5, 0.6) is 0 Å². The van der Waals surface area contributed by atoms with Gasteiger partial charge in [-0.1, -0.05) is 12.1 Å². The van der Waals surface area contributed by atoms with Crippen molar-refractivity contribution in [2.45, 2.75) is 30.3 Å². The van der Waals surface area contributed by atoms with Gasteiger partial charge < -0.3 is 14.5 Å². The lowest BCUT2D eigenvalue weighted by molar-refractivity contribution is -0.143. The predicted octanol–water partition coefficient (Wildman–Crippen LogP) is 1.59. The van der Waals surface area contributed by atoms with Gasteiger partial charge in [-0.05, 0) is 48.7 Å². The molecule has 1 aromatic heterocycles. The number of benzene rings is 1. The van der Waals surface area contributed by atoms with Crippen LogP contribution in [0.15, 0.2) is 58.1 Å². The molecule has 0 radical (unpaired) electrons. The number of nitrogens with one attached hydrogen (secondary N) is 2. The van der Waals surface area contributed by atoms with Crippen molar-refractivity contribution in [3.05, 3.63) is 60.1 Å². The van der Waals surface area contributed by atoms with E-state index in [0.29, 0.717) is 11.3 Å². The van der Waals surface area contributed by atoms with Crippen LogP contribution in [-0.4, -0.2) is 32.9 Å². The maximum atomic E-state index is 12.3. The van der Waals surface area contributed by atoms with Gasteiger partial charge in [-0.25, -0.2) is 17.9 Å². The molecule has 1 aliphatic carbocycles. The Kier molecular flexibility index (Phi) is 6.27. The van der Waals surface area contributed by atoms with Gasteiger partial charge in [0.25, 0.3) is 5.91 Å². The number of hydrogen-bond acceptors (Lipinski definition) is 6. The molecule has 0 aliphatic heterocycles. The van der Waals surface area contributed by atoms with Crippen molar-refractivity contribution in [3.8, 4) is 0 Å². The summed E-state index contributed by atoms with van der Waals surface area (Å²) in [5, 5.41) is 2.71. The second-order valence-corrected chi connectivity index (χ2v) is 8.02. The van der Waals surface area contributed by atoms with Crippen molar-refractivity contribution in [1.82, 2.24) is 10.0 Å². The van der Waals surface area contributed by atoms with E-state index in [0.717, 1.165) is 12.8 Å². The minimum atomic E-state index is -3.68. The molecular formula is C19H20N2O6S. The zero-order chi connectivity index (χ0) is 20.0. The summed E-state index contributed by atoms with van der Waals surface area (Å²) in [7, 11) is -3.68. The Morgan fingerprint density at radius 3 is 2.57 bits per heavy atom. The van der Waals surface area contributed by atoms with Crippen molar-refractivity contribution in [2.75, 3.05) is 6.61 Å². The number of esters is 1. The van der Waals surface area contributed by atoms with Gasteiger partial charge >= 0.3 is 5.97 Å². The maximum Gasteiger partial charge on any atom is 0.331 e. The Hall–Kier alpha value is -2.91. The molecule has 1 aliphatic rings. The fraction of sp³-hybridized carbons (Fsp3) is 0.263. The van der Waals surface area contributed by atoms with E-state index in [-0.39, 0.29) is 30.0 Å². The first-order valence-corrected chi connectivity index (χ1v) is 10.2. The standard InChI is InChI=1S/C19H20N2O6S/c22-18(21-15-6-7-15)13-27-19(23)10-5-14-3-8-17(9-4-14)28(24,25)20-12-16-2-1-11-26-16/h1-5,8-11,15,20H,6-7,12-13H2,(H,21,22)/b10-5+. The van der Waals surface area contributed by atoms with Crippen molar-refractivity contribution in [3.63, 3.8) is 0 Å². The van der Waals surface area contributed by atoms with Crippen LogP contribution >= 0.6 is 0 Å². The molecule has 3 rings (SSSR count). The highest BCUT2D eigenvalue weighted by Crippen LogP contribution is 2.18. The molecule has 148 valence electrons. The number of rotatable bonds is 9. The van der Waals surface area contributed by atoms with Crippen molar-refractivity contribution in [1.29, 1.82) is 0 Å².